The molecule has 54 valence electrons. The van der Waals surface area contributed by atoms with E-state index in [-0.39, 0.29) is 6.54 Å². The zero-order chi connectivity index (χ0) is 7.28. The Morgan fingerprint density at radius 3 is 2.67 bits per heavy atom. The fraction of sp³-hybridized carbons (Fsp3) is 0.750. The first-order chi connectivity index (χ1) is 4.26. The number of carbonyl (C=O) groups excluding carboxylic acids is 1. The third kappa shape index (κ3) is 2.41. The van der Waals surface area contributed by atoms with Crippen LogP contribution in [-0.4, -0.2) is 30.9 Å². The molecule has 1 atom stereocenters. The number of rotatable bonds is 3. The van der Waals surface area contributed by atoms with Crippen molar-refractivity contribution in [2.45, 2.75) is 6.10 Å². The van der Waals surface area contributed by atoms with Gasteiger partial charge in [-0.15, -0.1) is 0 Å². The molecule has 0 aromatic heterocycles. The number of nitrogens with one attached hydrogen (secondary N) is 1. The maximum Gasteiger partial charge on any atom is 0.273 e. The summed E-state index contributed by atoms with van der Waals surface area (Å²) in [5.74, 6) is -0.625. The van der Waals surface area contributed by atoms with E-state index >= 15 is 0 Å². The van der Waals surface area contributed by atoms with Crippen molar-refractivity contribution in [2.24, 2.45) is 5.73 Å². The van der Waals surface area contributed by atoms with Crippen molar-refractivity contribution >= 4 is 5.91 Å². The van der Waals surface area contributed by atoms with Gasteiger partial charge >= 0.3 is 0 Å². The van der Waals surface area contributed by atoms with E-state index in [9.17, 15) is 4.79 Å². The summed E-state index contributed by atoms with van der Waals surface area (Å²) in [6.45, 7) is 0.0584. The first-order valence-corrected chi connectivity index (χ1v) is 2.43. The van der Waals surface area contributed by atoms with Gasteiger partial charge in [-0.25, -0.2) is 5.48 Å². The predicted molar refractivity (Wildman–Crippen MR) is 29.8 cm³/mol. The number of nitrogens with two attached hydrogens (primary N) is 1. The molecule has 0 heterocycles. The molecule has 0 radical (unpaired) electrons. The molecule has 1 amide bonds. The lowest BCUT2D eigenvalue weighted by molar-refractivity contribution is -0.139. The number of hydroxylamine groups is 1. The van der Waals surface area contributed by atoms with E-state index in [1.807, 2.05) is 0 Å². The SMILES string of the molecule is COC(CN)C(=O)NO. The largest absolute Gasteiger partial charge is 0.370 e. The molecule has 0 aromatic rings. The van der Waals surface area contributed by atoms with Crippen molar-refractivity contribution < 1.29 is 14.7 Å². The molecule has 0 spiro atoms. The Morgan fingerprint density at radius 2 is 2.56 bits per heavy atom. The molecule has 0 aromatic carbocycles. The van der Waals surface area contributed by atoms with E-state index in [0.717, 1.165) is 0 Å². The summed E-state index contributed by atoms with van der Waals surface area (Å²) in [5, 5.41) is 8.03. The van der Waals surface area contributed by atoms with Crippen molar-refractivity contribution in [1.82, 2.24) is 5.48 Å². The van der Waals surface area contributed by atoms with Gasteiger partial charge in [-0.05, 0) is 0 Å². The fourth-order valence-corrected chi connectivity index (χ4v) is 0.382. The molecule has 0 aliphatic rings. The molecule has 5 heteroatoms. The summed E-state index contributed by atoms with van der Waals surface area (Å²) in [4.78, 5) is 10.4. The van der Waals surface area contributed by atoms with Crippen LogP contribution >= 0.6 is 0 Å². The molecular weight excluding hydrogens is 124 g/mol. The Kier molecular flexibility index (Phi) is 3.94. The normalized spacial score (nSPS) is 12.8. The van der Waals surface area contributed by atoms with E-state index in [1.54, 1.807) is 0 Å². The molecule has 0 saturated heterocycles. The van der Waals surface area contributed by atoms with Crippen LogP contribution in [0.4, 0.5) is 0 Å². The zero-order valence-electron chi connectivity index (χ0n) is 5.13. The number of hydrogen-bond donors (Lipinski definition) is 3. The molecule has 1 unspecified atom stereocenters. The first-order valence-electron chi connectivity index (χ1n) is 2.43. The van der Waals surface area contributed by atoms with Crippen LogP contribution < -0.4 is 11.2 Å². The number of ether oxygens (including phenoxy) is 1. The summed E-state index contributed by atoms with van der Waals surface area (Å²) in [7, 11) is 1.34. The average Bonchev–Trinajstić information content (AvgIpc) is 1.90. The Labute approximate surface area is 52.7 Å². The van der Waals surface area contributed by atoms with Crippen molar-refractivity contribution in [2.75, 3.05) is 13.7 Å². The topological polar surface area (TPSA) is 84.6 Å². The average molecular weight is 134 g/mol. The monoisotopic (exact) mass is 134 g/mol. The number of amides is 1. The molecule has 4 N–H and O–H groups in total. The quantitative estimate of drug-likeness (QED) is 0.323. The number of methoxy groups -OCH3 is 1. The maximum atomic E-state index is 10.4. The molecule has 0 fully saturated rings. The molecular formula is C4H10N2O3. The first kappa shape index (κ1) is 8.35. The third-order valence-electron chi connectivity index (χ3n) is 0.901. The summed E-state index contributed by atoms with van der Waals surface area (Å²) in [6.07, 6.45) is -0.755. The second-order valence-electron chi connectivity index (χ2n) is 1.44. The lowest BCUT2D eigenvalue weighted by Crippen LogP contribution is -2.38. The van der Waals surface area contributed by atoms with Gasteiger partial charge in [0.1, 0.15) is 6.10 Å². The van der Waals surface area contributed by atoms with Crippen molar-refractivity contribution in [3.63, 3.8) is 0 Å². The lowest BCUT2D eigenvalue weighted by atomic mass is 10.3. The molecule has 0 rings (SSSR count). The van der Waals surface area contributed by atoms with Crippen molar-refractivity contribution in [1.29, 1.82) is 0 Å². The second kappa shape index (κ2) is 4.25. The minimum atomic E-state index is -0.755. The second-order valence-corrected chi connectivity index (χ2v) is 1.44. The van der Waals surface area contributed by atoms with Crippen LogP contribution in [0.5, 0.6) is 0 Å². The molecule has 0 aliphatic heterocycles. The predicted octanol–water partition coefficient (Wildman–Crippen LogP) is -1.53. The minimum absolute atomic E-state index is 0.0584. The highest BCUT2D eigenvalue weighted by Gasteiger charge is 2.13. The Balaban J connectivity index is 3.64. The smallest absolute Gasteiger partial charge is 0.273 e. The van der Waals surface area contributed by atoms with Crippen LogP contribution in [0.25, 0.3) is 0 Å². The lowest BCUT2D eigenvalue weighted by Gasteiger charge is -2.08. The summed E-state index contributed by atoms with van der Waals surface area (Å²) in [6, 6.07) is 0. The van der Waals surface area contributed by atoms with Crippen LogP contribution in [0.1, 0.15) is 0 Å². The van der Waals surface area contributed by atoms with E-state index in [1.165, 1.54) is 12.6 Å². The van der Waals surface area contributed by atoms with Gasteiger partial charge in [-0.2, -0.15) is 0 Å². The van der Waals surface area contributed by atoms with Gasteiger partial charge in [0.2, 0.25) is 0 Å². The highest BCUT2D eigenvalue weighted by Crippen LogP contribution is 1.83. The van der Waals surface area contributed by atoms with Gasteiger partial charge in [0.05, 0.1) is 0 Å². The Morgan fingerprint density at radius 1 is 2.00 bits per heavy atom. The van der Waals surface area contributed by atoms with Crippen LogP contribution in [-0.2, 0) is 9.53 Å². The third-order valence-corrected chi connectivity index (χ3v) is 0.901. The van der Waals surface area contributed by atoms with Gasteiger partial charge in [0.25, 0.3) is 5.91 Å². The number of carbonyl (C=O) groups is 1. The Hall–Kier alpha value is -0.650. The van der Waals surface area contributed by atoms with E-state index in [2.05, 4.69) is 4.74 Å². The highest BCUT2D eigenvalue weighted by molar-refractivity contribution is 5.79. The molecule has 0 saturated carbocycles. The van der Waals surface area contributed by atoms with Gasteiger partial charge in [-0.3, -0.25) is 10.0 Å². The summed E-state index contributed by atoms with van der Waals surface area (Å²) >= 11 is 0. The van der Waals surface area contributed by atoms with Crippen LogP contribution in [0.3, 0.4) is 0 Å². The van der Waals surface area contributed by atoms with Crippen LogP contribution in [0.2, 0.25) is 0 Å². The standard InChI is InChI=1S/C4H10N2O3/c1-9-3(2-5)4(7)6-8/h3,8H,2,5H2,1H3,(H,6,7). The van der Waals surface area contributed by atoms with Crippen molar-refractivity contribution in [3.8, 4) is 0 Å². The molecule has 5 nitrogen and oxygen atoms in total. The van der Waals surface area contributed by atoms with Crippen LogP contribution in [0.15, 0.2) is 0 Å². The molecule has 0 aliphatic carbocycles. The van der Waals surface area contributed by atoms with Gasteiger partial charge in [0, 0.05) is 13.7 Å². The fourth-order valence-electron chi connectivity index (χ4n) is 0.382. The van der Waals surface area contributed by atoms with E-state index in [0.29, 0.717) is 0 Å². The highest BCUT2D eigenvalue weighted by atomic mass is 16.5. The summed E-state index contributed by atoms with van der Waals surface area (Å²) < 4.78 is 4.56. The molecule has 9 heavy (non-hydrogen) atoms. The minimum Gasteiger partial charge on any atom is -0.370 e. The maximum absolute atomic E-state index is 10.4. The number of hydrogen-bond acceptors (Lipinski definition) is 4. The van der Waals surface area contributed by atoms with Crippen LogP contribution in [0, 0.1) is 0 Å². The van der Waals surface area contributed by atoms with Gasteiger partial charge in [0.15, 0.2) is 0 Å². The van der Waals surface area contributed by atoms with E-state index in [4.69, 9.17) is 10.9 Å². The summed E-state index contributed by atoms with van der Waals surface area (Å²) in [5.41, 5.74) is 6.49. The van der Waals surface area contributed by atoms with Gasteiger partial charge < -0.3 is 10.5 Å². The van der Waals surface area contributed by atoms with Crippen molar-refractivity contribution in [3.05, 3.63) is 0 Å². The molecule has 0 bridgehead atoms. The Bertz CT molecular complexity index is 91.8. The van der Waals surface area contributed by atoms with Gasteiger partial charge in [-0.1, -0.05) is 0 Å². The zero-order valence-corrected chi connectivity index (χ0v) is 5.13. The van der Waals surface area contributed by atoms with E-state index < -0.39 is 12.0 Å².